The highest BCUT2D eigenvalue weighted by Gasteiger charge is 2.35. The van der Waals surface area contributed by atoms with E-state index in [2.05, 4.69) is 5.32 Å². The maximum atomic E-state index is 13.0. The number of aliphatic hydroxyl groups excluding tert-OH is 1. The normalized spacial score (nSPS) is 16.4. The summed E-state index contributed by atoms with van der Waals surface area (Å²) < 4.78 is 11.1. The lowest BCUT2D eigenvalue weighted by molar-refractivity contribution is -0.129. The van der Waals surface area contributed by atoms with Gasteiger partial charge in [0.15, 0.2) is 6.10 Å². The van der Waals surface area contributed by atoms with Gasteiger partial charge in [-0.2, -0.15) is 0 Å². The summed E-state index contributed by atoms with van der Waals surface area (Å²) >= 11 is 0. The molecule has 2 atom stereocenters. The van der Waals surface area contributed by atoms with Crippen molar-refractivity contribution in [3.63, 3.8) is 0 Å². The number of amides is 2. The number of anilines is 1. The molecule has 2 amide bonds. The zero-order valence-electron chi connectivity index (χ0n) is 17.2. The van der Waals surface area contributed by atoms with Crippen molar-refractivity contribution in [2.75, 3.05) is 11.4 Å². The first-order valence-corrected chi connectivity index (χ1v) is 10.2. The molecule has 2 heterocycles. The minimum atomic E-state index is -0.993. The average Bonchev–Trinajstić information content (AvgIpc) is 3.34. The van der Waals surface area contributed by atoms with Crippen LogP contribution in [0.5, 0.6) is 5.75 Å². The number of rotatable bonds is 7. The number of nitrogens with one attached hydrogen (secondary N) is 1. The van der Waals surface area contributed by atoms with Crippen molar-refractivity contribution in [1.29, 1.82) is 0 Å². The maximum Gasteiger partial charge on any atom is 0.268 e. The SMILES string of the molecule is CC[C@H]1Oc2ccc([C@H](O)c3ccco3)cc2N(CC(=O)NCc2ccccc2)C1=O. The van der Waals surface area contributed by atoms with Crippen LogP contribution in [0.25, 0.3) is 0 Å². The molecule has 31 heavy (non-hydrogen) atoms. The standard InChI is InChI=1S/C24H24N2O5/c1-2-19-24(29)26(15-22(27)25-14-16-7-4-3-5-8-16)18-13-17(10-11-20(18)31-19)23(28)21-9-6-12-30-21/h3-13,19,23,28H,2,14-15H2,1H3,(H,25,27)/t19-,23+/m1/s1. The van der Waals surface area contributed by atoms with Crippen molar-refractivity contribution in [1.82, 2.24) is 5.32 Å². The summed E-state index contributed by atoms with van der Waals surface area (Å²) in [4.78, 5) is 27.0. The highest BCUT2D eigenvalue weighted by Crippen LogP contribution is 2.37. The van der Waals surface area contributed by atoms with Gasteiger partial charge in [-0.05, 0) is 41.8 Å². The van der Waals surface area contributed by atoms with Gasteiger partial charge in [0.1, 0.15) is 24.2 Å². The molecule has 2 N–H and O–H groups in total. The van der Waals surface area contributed by atoms with Gasteiger partial charge in [0, 0.05) is 6.54 Å². The molecule has 4 rings (SSSR count). The fourth-order valence-electron chi connectivity index (χ4n) is 3.54. The predicted molar refractivity (Wildman–Crippen MR) is 115 cm³/mol. The van der Waals surface area contributed by atoms with Gasteiger partial charge in [-0.3, -0.25) is 14.5 Å². The van der Waals surface area contributed by atoms with E-state index in [0.29, 0.717) is 35.7 Å². The van der Waals surface area contributed by atoms with Gasteiger partial charge >= 0.3 is 0 Å². The molecule has 0 fully saturated rings. The summed E-state index contributed by atoms with van der Waals surface area (Å²) in [5, 5.41) is 13.5. The lowest BCUT2D eigenvalue weighted by atomic mass is 10.0. The van der Waals surface area contributed by atoms with Crippen LogP contribution < -0.4 is 15.0 Å². The molecular weight excluding hydrogens is 396 g/mol. The van der Waals surface area contributed by atoms with Gasteiger partial charge in [-0.15, -0.1) is 0 Å². The summed E-state index contributed by atoms with van der Waals surface area (Å²) in [6.45, 7) is 2.09. The number of hydrogen-bond donors (Lipinski definition) is 2. The number of furan rings is 1. The summed E-state index contributed by atoms with van der Waals surface area (Å²) in [6, 6.07) is 18.0. The third-order valence-corrected chi connectivity index (χ3v) is 5.22. The molecule has 0 bridgehead atoms. The fraction of sp³-hybridized carbons (Fsp3) is 0.250. The molecule has 7 heteroatoms. The summed E-state index contributed by atoms with van der Waals surface area (Å²) in [7, 11) is 0. The number of carbonyl (C=O) groups excluding carboxylic acids is 2. The Labute approximate surface area is 180 Å². The molecule has 0 spiro atoms. The predicted octanol–water partition coefficient (Wildman–Crippen LogP) is 3.18. The number of ether oxygens (including phenoxy) is 1. The molecular formula is C24H24N2O5. The first-order chi connectivity index (χ1) is 15.1. The number of carbonyl (C=O) groups is 2. The minimum Gasteiger partial charge on any atom is -0.478 e. The van der Waals surface area contributed by atoms with Crippen LogP contribution in [0.1, 0.15) is 36.3 Å². The smallest absolute Gasteiger partial charge is 0.268 e. The second-order valence-corrected chi connectivity index (χ2v) is 7.35. The van der Waals surface area contributed by atoms with E-state index in [-0.39, 0.29) is 18.4 Å². The van der Waals surface area contributed by atoms with Crippen LogP contribution in [0.15, 0.2) is 71.3 Å². The number of nitrogens with zero attached hydrogens (tertiary/aromatic N) is 1. The molecule has 0 saturated heterocycles. The highest BCUT2D eigenvalue weighted by molar-refractivity contribution is 6.03. The summed E-state index contributed by atoms with van der Waals surface area (Å²) in [5.74, 6) is 0.325. The fourth-order valence-corrected chi connectivity index (χ4v) is 3.54. The molecule has 3 aromatic rings. The molecule has 1 aliphatic rings. The molecule has 1 aromatic heterocycles. The third kappa shape index (κ3) is 4.46. The van der Waals surface area contributed by atoms with E-state index in [9.17, 15) is 14.7 Å². The van der Waals surface area contributed by atoms with Crippen molar-refractivity contribution < 1.29 is 23.8 Å². The molecule has 1 aliphatic heterocycles. The first-order valence-electron chi connectivity index (χ1n) is 10.2. The van der Waals surface area contributed by atoms with Crippen LogP contribution in [0, 0.1) is 0 Å². The van der Waals surface area contributed by atoms with Gasteiger partial charge in [-0.25, -0.2) is 0 Å². The van der Waals surface area contributed by atoms with Crippen LogP contribution >= 0.6 is 0 Å². The zero-order chi connectivity index (χ0) is 21.8. The Bertz CT molecular complexity index is 1050. The topological polar surface area (TPSA) is 92.0 Å². The molecule has 0 aliphatic carbocycles. The molecule has 0 unspecified atom stereocenters. The third-order valence-electron chi connectivity index (χ3n) is 5.22. The summed E-state index contributed by atoms with van der Waals surface area (Å²) in [6.07, 6.45) is 0.319. The van der Waals surface area contributed by atoms with Crippen molar-refractivity contribution in [2.24, 2.45) is 0 Å². The molecule has 7 nitrogen and oxygen atoms in total. The maximum absolute atomic E-state index is 13.0. The van der Waals surface area contributed by atoms with Crippen molar-refractivity contribution >= 4 is 17.5 Å². The van der Waals surface area contributed by atoms with Gasteiger partial charge in [0.25, 0.3) is 5.91 Å². The number of fused-ring (bicyclic) bond motifs is 1. The van der Waals surface area contributed by atoms with Gasteiger partial charge in [-0.1, -0.05) is 43.3 Å². The van der Waals surface area contributed by atoms with Crippen molar-refractivity contribution in [2.45, 2.75) is 32.1 Å². The van der Waals surface area contributed by atoms with E-state index in [0.717, 1.165) is 5.56 Å². The number of benzene rings is 2. The molecule has 0 radical (unpaired) electrons. The highest BCUT2D eigenvalue weighted by atomic mass is 16.5. The Morgan fingerprint density at radius 2 is 1.97 bits per heavy atom. The van der Waals surface area contributed by atoms with E-state index < -0.39 is 12.2 Å². The monoisotopic (exact) mass is 420 g/mol. The van der Waals surface area contributed by atoms with E-state index in [1.165, 1.54) is 11.2 Å². The second-order valence-electron chi connectivity index (χ2n) is 7.35. The molecule has 0 saturated carbocycles. The van der Waals surface area contributed by atoms with Crippen LogP contribution in [-0.2, 0) is 16.1 Å². The quantitative estimate of drug-likeness (QED) is 0.613. The van der Waals surface area contributed by atoms with Crippen LogP contribution in [0.2, 0.25) is 0 Å². The first kappa shape index (κ1) is 20.7. The van der Waals surface area contributed by atoms with Gasteiger partial charge in [0.05, 0.1) is 12.0 Å². The Kier molecular flexibility index (Phi) is 6.04. The van der Waals surface area contributed by atoms with Gasteiger partial charge in [0.2, 0.25) is 5.91 Å². The molecule has 160 valence electrons. The van der Waals surface area contributed by atoms with Crippen LogP contribution in [-0.4, -0.2) is 29.6 Å². The Balaban J connectivity index is 1.56. The Hall–Kier alpha value is -3.58. The van der Waals surface area contributed by atoms with Crippen molar-refractivity contribution in [3.8, 4) is 5.75 Å². The minimum absolute atomic E-state index is 0.140. The Morgan fingerprint density at radius 1 is 1.16 bits per heavy atom. The summed E-state index contributed by atoms with van der Waals surface area (Å²) in [5.41, 5.74) is 1.96. The van der Waals surface area contributed by atoms with E-state index >= 15 is 0 Å². The molecule has 2 aromatic carbocycles. The van der Waals surface area contributed by atoms with Crippen LogP contribution in [0.4, 0.5) is 5.69 Å². The number of aliphatic hydroxyl groups is 1. The zero-order valence-corrected chi connectivity index (χ0v) is 17.2. The van der Waals surface area contributed by atoms with E-state index in [1.807, 2.05) is 37.3 Å². The van der Waals surface area contributed by atoms with Crippen LogP contribution in [0.3, 0.4) is 0 Å². The number of hydrogen-bond acceptors (Lipinski definition) is 5. The lowest BCUT2D eigenvalue weighted by Crippen LogP contribution is -2.49. The van der Waals surface area contributed by atoms with Crippen molar-refractivity contribution in [3.05, 3.63) is 83.8 Å². The Morgan fingerprint density at radius 3 is 2.68 bits per heavy atom. The van der Waals surface area contributed by atoms with E-state index in [4.69, 9.17) is 9.15 Å². The lowest BCUT2D eigenvalue weighted by Gasteiger charge is -2.34. The second kappa shape index (κ2) is 9.06. The van der Waals surface area contributed by atoms with Gasteiger partial charge < -0.3 is 19.6 Å². The largest absolute Gasteiger partial charge is 0.478 e. The van der Waals surface area contributed by atoms with E-state index in [1.54, 1.807) is 30.3 Å². The average molecular weight is 420 g/mol.